The van der Waals surface area contributed by atoms with Crippen LogP contribution in [0, 0.1) is 0 Å². The number of carbonyl (C=O) groups is 1. The molecule has 2 aliphatic rings. The highest BCUT2D eigenvalue weighted by atomic mass is 35.5. The summed E-state index contributed by atoms with van der Waals surface area (Å²) in [7, 11) is 0. The highest BCUT2D eigenvalue weighted by molar-refractivity contribution is 6.30. The summed E-state index contributed by atoms with van der Waals surface area (Å²) in [5, 5.41) is 83.2. The molecule has 2 saturated heterocycles. The maximum Gasteiger partial charge on any atom is 0.304 e. The lowest BCUT2D eigenvalue weighted by molar-refractivity contribution is -0.343. The Kier molecular flexibility index (Phi) is 10.4. The predicted octanol–water partition coefficient (Wildman–Crippen LogP) is -2.89. The molecule has 1 aromatic rings. The lowest BCUT2D eigenvalue weighted by Gasteiger charge is -2.46. The summed E-state index contributed by atoms with van der Waals surface area (Å²) in [5.41, 5.74) is 0.669. The van der Waals surface area contributed by atoms with Crippen LogP contribution >= 0.6 is 11.6 Å². The third-order valence-corrected chi connectivity index (χ3v) is 6.58. The summed E-state index contributed by atoms with van der Waals surface area (Å²) in [6.07, 6.45) is -15.4. The lowest BCUT2D eigenvalue weighted by Crippen LogP contribution is -2.66. The number of aliphatic carboxylic acids is 1. The number of carboxylic acid groups (broad SMARTS) is 1. The minimum absolute atomic E-state index is 0.0266. The van der Waals surface area contributed by atoms with Gasteiger partial charge in [-0.25, -0.2) is 0 Å². The van der Waals surface area contributed by atoms with E-state index in [1.54, 1.807) is 24.3 Å². The van der Waals surface area contributed by atoms with Crippen molar-refractivity contribution >= 4 is 17.6 Å². The Morgan fingerprint density at radius 3 is 2.14 bits per heavy atom. The number of nitrogens with one attached hydrogen (secondary N) is 1. The van der Waals surface area contributed by atoms with Gasteiger partial charge in [0.05, 0.1) is 19.6 Å². The first-order chi connectivity index (χ1) is 17.1. The molecule has 9 N–H and O–H groups in total. The quantitative estimate of drug-likeness (QED) is 0.146. The molecular weight excluding hydrogens is 506 g/mol. The molecule has 36 heavy (non-hydrogen) atoms. The fourth-order valence-corrected chi connectivity index (χ4v) is 4.40. The summed E-state index contributed by atoms with van der Waals surface area (Å²) in [6, 6.07) is 6.57. The van der Waals surface area contributed by atoms with Crippen LogP contribution in [0.2, 0.25) is 5.02 Å². The van der Waals surface area contributed by atoms with Gasteiger partial charge in [-0.1, -0.05) is 23.7 Å². The standard InChI is InChI=1S/C22H32ClNO12/c23-11-3-1-9(2-4-11)10(5-14(27)28)6-24-21-18(32)17(31)20(13(8-26)34-21)36-22-19(33)16(30)15(29)12(7-25)35-22/h1-4,10,12-13,15-22,24-26,29-33H,5-8H2,(H,27,28)/t10?,12-,13-,15+,16+,17-,18-,19-,20-,21?,22+/m1/s1. The zero-order valence-corrected chi connectivity index (χ0v) is 19.8. The minimum atomic E-state index is -1.77. The van der Waals surface area contributed by atoms with Crippen LogP contribution < -0.4 is 5.32 Å². The minimum Gasteiger partial charge on any atom is -0.481 e. The number of rotatable bonds is 10. The number of carboxylic acids is 1. The van der Waals surface area contributed by atoms with Crippen molar-refractivity contribution in [1.82, 2.24) is 5.32 Å². The van der Waals surface area contributed by atoms with Crippen LogP contribution in [0.3, 0.4) is 0 Å². The van der Waals surface area contributed by atoms with Crippen LogP contribution in [0.4, 0.5) is 0 Å². The maximum atomic E-state index is 11.4. The monoisotopic (exact) mass is 537 g/mol. The van der Waals surface area contributed by atoms with Crippen LogP contribution in [0.25, 0.3) is 0 Å². The second kappa shape index (κ2) is 12.9. The molecule has 1 aromatic carbocycles. The Bertz CT molecular complexity index is 843. The number of aliphatic hydroxyl groups is 7. The largest absolute Gasteiger partial charge is 0.481 e. The Morgan fingerprint density at radius 2 is 1.56 bits per heavy atom. The molecule has 0 bridgehead atoms. The van der Waals surface area contributed by atoms with Crippen molar-refractivity contribution in [2.24, 2.45) is 0 Å². The van der Waals surface area contributed by atoms with Gasteiger partial charge in [0.25, 0.3) is 0 Å². The molecule has 0 saturated carbocycles. The second-order valence-corrected chi connectivity index (χ2v) is 9.25. The summed E-state index contributed by atoms with van der Waals surface area (Å²) in [4.78, 5) is 11.4. The van der Waals surface area contributed by atoms with Gasteiger partial charge >= 0.3 is 5.97 Å². The highest BCUT2D eigenvalue weighted by Gasteiger charge is 2.50. The first-order valence-corrected chi connectivity index (χ1v) is 11.7. The average molecular weight is 538 g/mol. The topological polar surface area (TPSA) is 219 Å². The third kappa shape index (κ3) is 6.69. The van der Waals surface area contributed by atoms with Crippen molar-refractivity contribution in [1.29, 1.82) is 0 Å². The van der Waals surface area contributed by atoms with E-state index in [-0.39, 0.29) is 13.0 Å². The Balaban J connectivity index is 1.68. The van der Waals surface area contributed by atoms with Crippen LogP contribution in [0.5, 0.6) is 0 Å². The van der Waals surface area contributed by atoms with Gasteiger partial charge in [-0.15, -0.1) is 0 Å². The van der Waals surface area contributed by atoms with E-state index in [1.165, 1.54) is 0 Å². The molecule has 0 radical (unpaired) electrons. The molecule has 2 unspecified atom stereocenters. The van der Waals surface area contributed by atoms with E-state index in [1.807, 2.05) is 0 Å². The zero-order valence-electron chi connectivity index (χ0n) is 19.1. The van der Waals surface area contributed by atoms with E-state index in [0.29, 0.717) is 10.6 Å². The molecule has 0 spiro atoms. The molecule has 0 aliphatic carbocycles. The predicted molar refractivity (Wildman–Crippen MR) is 121 cm³/mol. The molecule has 11 atom stereocenters. The molecule has 0 amide bonds. The smallest absolute Gasteiger partial charge is 0.304 e. The number of hydrogen-bond donors (Lipinski definition) is 9. The first kappa shape index (κ1) is 29.1. The fourth-order valence-electron chi connectivity index (χ4n) is 4.27. The maximum absolute atomic E-state index is 11.4. The van der Waals surface area contributed by atoms with Crippen molar-refractivity contribution < 1.29 is 59.9 Å². The van der Waals surface area contributed by atoms with E-state index in [9.17, 15) is 45.6 Å². The molecule has 13 nitrogen and oxygen atoms in total. The number of halogens is 1. The Hall–Kier alpha value is -1.46. The molecular formula is C22H32ClNO12. The van der Waals surface area contributed by atoms with Gasteiger partial charge in [0.2, 0.25) is 0 Å². The van der Waals surface area contributed by atoms with Crippen LogP contribution in [0.1, 0.15) is 17.9 Å². The summed E-state index contributed by atoms with van der Waals surface area (Å²) < 4.78 is 16.4. The summed E-state index contributed by atoms with van der Waals surface area (Å²) in [6.45, 7) is -1.35. The molecule has 14 heteroatoms. The van der Waals surface area contributed by atoms with Crippen molar-refractivity contribution in [3.63, 3.8) is 0 Å². The van der Waals surface area contributed by atoms with Gasteiger partial charge in [-0.05, 0) is 17.7 Å². The van der Waals surface area contributed by atoms with E-state index in [4.69, 9.17) is 25.8 Å². The average Bonchev–Trinajstić information content (AvgIpc) is 2.85. The lowest BCUT2D eigenvalue weighted by atomic mass is 9.94. The SMILES string of the molecule is O=C(O)CC(CNC1O[C@H](CO)[C@@H](O[C@@H]2O[C@H](CO)[C@H](O)[C@H](O)[C@H]2O)[C@H](O)[C@H]1O)c1ccc(Cl)cc1. The van der Waals surface area contributed by atoms with E-state index in [0.717, 1.165) is 0 Å². The van der Waals surface area contributed by atoms with Crippen LogP contribution in [0.15, 0.2) is 24.3 Å². The fraction of sp³-hybridized carbons (Fsp3) is 0.682. The van der Waals surface area contributed by atoms with E-state index in [2.05, 4.69) is 5.32 Å². The Labute approximate surface area is 211 Å². The Morgan fingerprint density at radius 1 is 0.917 bits per heavy atom. The zero-order chi connectivity index (χ0) is 26.6. The molecule has 204 valence electrons. The number of hydrogen-bond acceptors (Lipinski definition) is 12. The first-order valence-electron chi connectivity index (χ1n) is 11.4. The van der Waals surface area contributed by atoms with Crippen molar-refractivity contribution in [3.05, 3.63) is 34.9 Å². The van der Waals surface area contributed by atoms with E-state index < -0.39 is 86.5 Å². The summed E-state index contributed by atoms with van der Waals surface area (Å²) in [5.74, 6) is -1.59. The van der Waals surface area contributed by atoms with Gasteiger partial charge in [-0.3, -0.25) is 10.1 Å². The van der Waals surface area contributed by atoms with Crippen molar-refractivity contribution in [2.45, 2.75) is 73.7 Å². The van der Waals surface area contributed by atoms with Crippen LogP contribution in [-0.4, -0.2) is 128 Å². The highest BCUT2D eigenvalue weighted by Crippen LogP contribution is 2.29. The van der Waals surface area contributed by atoms with Crippen molar-refractivity contribution in [2.75, 3.05) is 19.8 Å². The normalized spacial score (nSPS) is 38.0. The molecule has 3 rings (SSSR count). The second-order valence-electron chi connectivity index (χ2n) is 8.81. The van der Waals surface area contributed by atoms with Gasteiger partial charge in [0.1, 0.15) is 55.1 Å². The van der Waals surface area contributed by atoms with E-state index >= 15 is 0 Å². The number of benzene rings is 1. The van der Waals surface area contributed by atoms with Gasteiger partial charge < -0.3 is 55.1 Å². The molecule has 2 fully saturated rings. The molecule has 2 aliphatic heterocycles. The third-order valence-electron chi connectivity index (χ3n) is 6.33. The number of ether oxygens (including phenoxy) is 3. The van der Waals surface area contributed by atoms with Gasteiger partial charge in [-0.2, -0.15) is 0 Å². The molecule has 0 aromatic heterocycles. The van der Waals surface area contributed by atoms with Crippen LogP contribution in [-0.2, 0) is 19.0 Å². The molecule has 2 heterocycles. The summed E-state index contributed by atoms with van der Waals surface area (Å²) >= 11 is 5.90. The van der Waals surface area contributed by atoms with Crippen molar-refractivity contribution in [3.8, 4) is 0 Å². The van der Waals surface area contributed by atoms with Gasteiger partial charge in [0.15, 0.2) is 6.29 Å². The number of aliphatic hydroxyl groups excluding tert-OH is 7. The van der Waals surface area contributed by atoms with Gasteiger partial charge in [0, 0.05) is 17.5 Å².